The number of para-hydroxylation sites is 1. The summed E-state index contributed by atoms with van der Waals surface area (Å²) in [5.74, 6) is 1.13. The van der Waals surface area contributed by atoms with Crippen LogP contribution in [0.4, 0.5) is 5.69 Å². The zero-order chi connectivity index (χ0) is 13.1. The molecule has 0 aliphatic carbocycles. The molecule has 1 rings (SSSR count). The second-order valence-electron chi connectivity index (χ2n) is 4.39. The second kappa shape index (κ2) is 10.4. The van der Waals surface area contributed by atoms with E-state index in [1.165, 1.54) is 38.5 Å². The zero-order valence-corrected chi connectivity index (χ0v) is 12.8. The Bertz CT molecular complexity index is 325. The predicted octanol–water partition coefficient (Wildman–Crippen LogP) is 5.48. The van der Waals surface area contributed by atoms with Gasteiger partial charge in [-0.2, -0.15) is 0 Å². The smallest absolute Gasteiger partial charge is 0.138 e. The van der Waals surface area contributed by atoms with E-state index in [-0.39, 0.29) is 0 Å². The van der Waals surface area contributed by atoms with Gasteiger partial charge in [-0.1, -0.05) is 81.2 Å². The van der Waals surface area contributed by atoms with E-state index < -0.39 is 0 Å². The molecule has 0 bridgehead atoms. The van der Waals surface area contributed by atoms with Gasteiger partial charge >= 0.3 is 0 Å². The Labute approximate surface area is 121 Å². The maximum Gasteiger partial charge on any atom is 0.138 e. The van der Waals surface area contributed by atoms with Crippen LogP contribution < -0.4 is 5.32 Å². The predicted molar refractivity (Wildman–Crippen MR) is 88.5 cm³/mol. The summed E-state index contributed by atoms with van der Waals surface area (Å²) in [6.07, 6.45) is 8.05. The number of benzene rings is 1. The highest BCUT2D eigenvalue weighted by Crippen LogP contribution is 2.14. The third kappa shape index (κ3) is 7.72. The molecule has 0 aromatic heterocycles. The second-order valence-corrected chi connectivity index (χ2v) is 6.17. The monoisotopic (exact) mass is 281 g/mol. The van der Waals surface area contributed by atoms with Crippen LogP contribution in [0.3, 0.4) is 0 Å². The van der Waals surface area contributed by atoms with E-state index in [1.807, 2.05) is 30.3 Å². The molecule has 0 saturated heterocycles. The Morgan fingerprint density at radius 2 is 1.72 bits per heavy atom. The lowest BCUT2D eigenvalue weighted by Gasteiger charge is -2.07. The summed E-state index contributed by atoms with van der Waals surface area (Å²) in [5.41, 5.74) is 1.08. The van der Waals surface area contributed by atoms with Crippen molar-refractivity contribution in [2.45, 2.75) is 45.4 Å². The van der Waals surface area contributed by atoms with Gasteiger partial charge in [0.05, 0.1) is 0 Å². The van der Waals surface area contributed by atoms with Gasteiger partial charge in [-0.3, -0.25) is 0 Å². The SMILES string of the molecule is CCCCCCCCSC(=S)Nc1ccccc1. The third-order valence-corrected chi connectivity index (χ3v) is 4.06. The average Bonchev–Trinajstić information content (AvgIpc) is 2.39. The van der Waals surface area contributed by atoms with Gasteiger partial charge < -0.3 is 5.32 Å². The van der Waals surface area contributed by atoms with Crippen molar-refractivity contribution >= 4 is 34.0 Å². The molecule has 0 radical (unpaired) electrons. The molecule has 0 unspecified atom stereocenters. The summed E-state index contributed by atoms with van der Waals surface area (Å²) in [5, 5.41) is 3.25. The van der Waals surface area contributed by atoms with E-state index in [4.69, 9.17) is 12.2 Å². The fraction of sp³-hybridized carbons (Fsp3) is 0.533. The fourth-order valence-electron chi connectivity index (χ4n) is 1.72. The van der Waals surface area contributed by atoms with Crippen LogP contribution in [0.2, 0.25) is 0 Å². The molecule has 3 heteroatoms. The number of anilines is 1. The first kappa shape index (κ1) is 15.5. The van der Waals surface area contributed by atoms with Crippen molar-refractivity contribution in [3.05, 3.63) is 30.3 Å². The third-order valence-electron chi connectivity index (χ3n) is 2.75. The molecule has 1 aromatic rings. The zero-order valence-electron chi connectivity index (χ0n) is 11.2. The minimum Gasteiger partial charge on any atom is -0.341 e. The Morgan fingerprint density at radius 1 is 1.06 bits per heavy atom. The van der Waals surface area contributed by atoms with Gasteiger partial charge in [-0.25, -0.2) is 0 Å². The summed E-state index contributed by atoms with van der Waals surface area (Å²) in [4.78, 5) is 0. The number of nitrogens with one attached hydrogen (secondary N) is 1. The first-order valence-electron chi connectivity index (χ1n) is 6.81. The summed E-state index contributed by atoms with van der Waals surface area (Å²) in [7, 11) is 0. The standard InChI is InChI=1S/C15H23NS2/c1-2-3-4-5-6-10-13-18-15(17)16-14-11-8-7-9-12-14/h7-9,11-12H,2-6,10,13H2,1H3,(H,16,17). The van der Waals surface area contributed by atoms with Crippen LogP contribution >= 0.6 is 24.0 Å². The maximum absolute atomic E-state index is 5.31. The summed E-state index contributed by atoms with van der Waals surface area (Å²) >= 11 is 7.06. The Hall–Kier alpha value is -0.540. The minimum atomic E-state index is 0.884. The van der Waals surface area contributed by atoms with Crippen LogP contribution in [0, 0.1) is 0 Å². The molecule has 18 heavy (non-hydrogen) atoms. The van der Waals surface area contributed by atoms with Gasteiger partial charge in [0.15, 0.2) is 0 Å². The lowest BCUT2D eigenvalue weighted by atomic mass is 10.1. The first-order valence-corrected chi connectivity index (χ1v) is 8.21. The van der Waals surface area contributed by atoms with Crippen molar-refractivity contribution in [3.63, 3.8) is 0 Å². The van der Waals surface area contributed by atoms with Crippen molar-refractivity contribution in [1.82, 2.24) is 0 Å². The lowest BCUT2D eigenvalue weighted by Crippen LogP contribution is -2.04. The summed E-state index contributed by atoms with van der Waals surface area (Å²) < 4.78 is 0.884. The van der Waals surface area contributed by atoms with E-state index in [2.05, 4.69) is 12.2 Å². The molecule has 0 fully saturated rings. The normalized spacial score (nSPS) is 10.3. The molecule has 1 N–H and O–H groups in total. The van der Waals surface area contributed by atoms with E-state index in [1.54, 1.807) is 11.8 Å². The topological polar surface area (TPSA) is 12.0 Å². The maximum atomic E-state index is 5.31. The highest BCUT2D eigenvalue weighted by Gasteiger charge is 1.98. The largest absolute Gasteiger partial charge is 0.341 e. The molecular formula is C15H23NS2. The molecule has 0 aliphatic rings. The Kier molecular flexibility index (Phi) is 8.96. The fourth-order valence-corrected chi connectivity index (χ4v) is 2.81. The average molecular weight is 281 g/mol. The Morgan fingerprint density at radius 3 is 2.44 bits per heavy atom. The van der Waals surface area contributed by atoms with Crippen molar-refractivity contribution in [2.24, 2.45) is 0 Å². The molecule has 0 spiro atoms. The van der Waals surface area contributed by atoms with E-state index in [9.17, 15) is 0 Å². The molecule has 0 heterocycles. The number of rotatable bonds is 8. The van der Waals surface area contributed by atoms with Crippen LogP contribution in [0.15, 0.2) is 30.3 Å². The molecule has 0 amide bonds. The molecule has 0 saturated carbocycles. The quantitative estimate of drug-likeness (QED) is 0.501. The number of hydrogen-bond donors (Lipinski definition) is 1. The van der Waals surface area contributed by atoms with Crippen LogP contribution in [0.5, 0.6) is 0 Å². The van der Waals surface area contributed by atoms with Crippen molar-refractivity contribution in [1.29, 1.82) is 0 Å². The van der Waals surface area contributed by atoms with Crippen molar-refractivity contribution in [2.75, 3.05) is 11.1 Å². The van der Waals surface area contributed by atoms with E-state index in [0.29, 0.717) is 0 Å². The van der Waals surface area contributed by atoms with Gasteiger partial charge in [-0.05, 0) is 18.6 Å². The highest BCUT2D eigenvalue weighted by molar-refractivity contribution is 8.23. The summed E-state index contributed by atoms with van der Waals surface area (Å²) in [6, 6.07) is 10.1. The van der Waals surface area contributed by atoms with Gasteiger partial charge in [-0.15, -0.1) is 0 Å². The number of hydrogen-bond acceptors (Lipinski definition) is 2. The van der Waals surface area contributed by atoms with Crippen LogP contribution in [0.25, 0.3) is 0 Å². The highest BCUT2D eigenvalue weighted by atomic mass is 32.2. The van der Waals surface area contributed by atoms with Crippen LogP contribution in [0.1, 0.15) is 45.4 Å². The molecule has 0 aliphatic heterocycles. The summed E-state index contributed by atoms with van der Waals surface area (Å²) in [6.45, 7) is 2.25. The molecule has 1 nitrogen and oxygen atoms in total. The molecular weight excluding hydrogens is 258 g/mol. The van der Waals surface area contributed by atoms with E-state index >= 15 is 0 Å². The Balaban J connectivity index is 2.00. The van der Waals surface area contributed by atoms with Gasteiger partial charge in [0.25, 0.3) is 0 Å². The van der Waals surface area contributed by atoms with Gasteiger partial charge in [0.1, 0.15) is 4.32 Å². The van der Waals surface area contributed by atoms with E-state index in [0.717, 1.165) is 15.8 Å². The molecule has 0 atom stereocenters. The molecule has 100 valence electrons. The van der Waals surface area contributed by atoms with Crippen LogP contribution in [-0.4, -0.2) is 10.1 Å². The van der Waals surface area contributed by atoms with Crippen LogP contribution in [-0.2, 0) is 0 Å². The number of unbranched alkanes of at least 4 members (excludes halogenated alkanes) is 5. The van der Waals surface area contributed by atoms with Gasteiger partial charge in [0.2, 0.25) is 0 Å². The minimum absolute atomic E-state index is 0.884. The number of thiocarbonyl (C=S) groups is 1. The van der Waals surface area contributed by atoms with Crippen molar-refractivity contribution in [3.8, 4) is 0 Å². The molecule has 1 aromatic carbocycles. The van der Waals surface area contributed by atoms with Crippen molar-refractivity contribution < 1.29 is 0 Å². The number of thioether (sulfide) groups is 1. The first-order chi connectivity index (χ1) is 8.83. The lowest BCUT2D eigenvalue weighted by molar-refractivity contribution is 0.627. The van der Waals surface area contributed by atoms with Gasteiger partial charge in [0, 0.05) is 11.4 Å².